The van der Waals surface area contributed by atoms with Crippen LogP contribution >= 0.6 is 0 Å². The highest BCUT2D eigenvalue weighted by molar-refractivity contribution is 5.83. The second-order valence-corrected chi connectivity index (χ2v) is 3.99. The van der Waals surface area contributed by atoms with Gasteiger partial charge in [-0.05, 0) is 22.9 Å². The predicted molar refractivity (Wildman–Crippen MR) is 70.4 cm³/mol. The van der Waals surface area contributed by atoms with Crippen molar-refractivity contribution < 1.29 is 9.13 Å². The van der Waals surface area contributed by atoms with Gasteiger partial charge >= 0.3 is 0 Å². The van der Waals surface area contributed by atoms with Crippen molar-refractivity contribution >= 4 is 16.7 Å². The van der Waals surface area contributed by atoms with Gasteiger partial charge in [-0.1, -0.05) is 30.3 Å². The molecule has 4 nitrogen and oxygen atoms in total. The molecule has 0 amide bonds. The number of nitrogen functional groups attached to an aromatic ring is 1. The number of fused-ring (bicyclic) bond motifs is 1. The van der Waals surface area contributed by atoms with E-state index in [1.807, 2.05) is 36.4 Å². The van der Waals surface area contributed by atoms with Crippen LogP contribution in [0, 0.1) is 5.82 Å². The zero-order chi connectivity index (χ0) is 13.2. The number of anilines is 1. The van der Waals surface area contributed by atoms with Gasteiger partial charge in [0.2, 0.25) is 11.8 Å². The Labute approximate surface area is 108 Å². The molecule has 0 saturated carbocycles. The molecule has 2 aromatic carbocycles. The fraction of sp³-hybridized carbons (Fsp3) is 0. The molecule has 0 spiro atoms. The molecule has 0 radical (unpaired) electrons. The average molecular weight is 255 g/mol. The molecule has 3 rings (SSSR count). The molecular formula is C14H10FN3O. The van der Waals surface area contributed by atoms with Crippen LogP contribution in [0.3, 0.4) is 0 Å². The minimum absolute atomic E-state index is 0.0304. The molecule has 0 atom stereocenters. The van der Waals surface area contributed by atoms with Gasteiger partial charge in [0.15, 0.2) is 0 Å². The van der Waals surface area contributed by atoms with Crippen molar-refractivity contribution in [1.82, 2.24) is 9.97 Å². The number of ether oxygens (including phenoxy) is 1. The monoisotopic (exact) mass is 255 g/mol. The Balaban J connectivity index is 1.98. The third-order valence-corrected chi connectivity index (χ3v) is 2.67. The van der Waals surface area contributed by atoms with E-state index in [9.17, 15) is 4.39 Å². The van der Waals surface area contributed by atoms with E-state index in [1.54, 1.807) is 6.07 Å². The van der Waals surface area contributed by atoms with E-state index < -0.39 is 5.82 Å². The molecule has 0 aliphatic heterocycles. The summed E-state index contributed by atoms with van der Waals surface area (Å²) in [5.41, 5.74) is 5.40. The van der Waals surface area contributed by atoms with E-state index in [2.05, 4.69) is 9.97 Å². The van der Waals surface area contributed by atoms with Crippen LogP contribution in [0.4, 0.5) is 10.3 Å². The fourth-order valence-corrected chi connectivity index (χ4v) is 1.78. The molecule has 0 saturated heterocycles. The van der Waals surface area contributed by atoms with Crippen molar-refractivity contribution in [3.63, 3.8) is 0 Å². The number of nitrogens with two attached hydrogens (primary N) is 1. The lowest BCUT2D eigenvalue weighted by Gasteiger charge is -2.06. The van der Waals surface area contributed by atoms with Crippen molar-refractivity contribution in [2.75, 3.05) is 5.73 Å². The van der Waals surface area contributed by atoms with Crippen molar-refractivity contribution in [2.45, 2.75) is 0 Å². The van der Waals surface area contributed by atoms with E-state index in [1.165, 1.54) is 0 Å². The number of rotatable bonds is 2. The van der Waals surface area contributed by atoms with Gasteiger partial charge in [0.1, 0.15) is 5.75 Å². The lowest BCUT2D eigenvalue weighted by atomic mass is 10.1. The topological polar surface area (TPSA) is 61.0 Å². The van der Waals surface area contributed by atoms with E-state index >= 15 is 0 Å². The predicted octanol–water partition coefficient (Wildman–Crippen LogP) is 3.14. The maximum Gasteiger partial charge on any atom is 0.260 e. The fourth-order valence-electron chi connectivity index (χ4n) is 1.78. The van der Waals surface area contributed by atoms with Crippen LogP contribution in [0.15, 0.2) is 48.7 Å². The number of halogens is 1. The summed E-state index contributed by atoms with van der Waals surface area (Å²) in [5.74, 6) is -0.363. The number of hydrogen-bond donors (Lipinski definition) is 1. The van der Waals surface area contributed by atoms with E-state index in [0.29, 0.717) is 5.75 Å². The van der Waals surface area contributed by atoms with Crippen LogP contribution in [0.25, 0.3) is 10.8 Å². The quantitative estimate of drug-likeness (QED) is 0.764. The Morgan fingerprint density at radius 2 is 1.84 bits per heavy atom. The van der Waals surface area contributed by atoms with Gasteiger partial charge in [-0.25, -0.2) is 4.98 Å². The van der Waals surface area contributed by atoms with Gasteiger partial charge in [-0.3, -0.25) is 0 Å². The van der Waals surface area contributed by atoms with Crippen molar-refractivity contribution in [3.05, 3.63) is 54.5 Å². The molecule has 1 heterocycles. The minimum atomic E-state index is -0.651. The highest BCUT2D eigenvalue weighted by Gasteiger charge is 2.08. The Hall–Kier alpha value is -2.69. The summed E-state index contributed by atoms with van der Waals surface area (Å²) in [5, 5.41) is 2.08. The zero-order valence-electron chi connectivity index (χ0n) is 9.88. The molecule has 1 aromatic heterocycles. The molecule has 0 unspecified atom stereocenters. The van der Waals surface area contributed by atoms with E-state index in [4.69, 9.17) is 10.5 Å². The first-order chi connectivity index (χ1) is 9.22. The van der Waals surface area contributed by atoms with Crippen LogP contribution in [0.5, 0.6) is 11.6 Å². The molecule has 0 fully saturated rings. The maximum absolute atomic E-state index is 13.5. The average Bonchev–Trinajstić information content (AvgIpc) is 2.43. The third-order valence-electron chi connectivity index (χ3n) is 2.67. The number of hydrogen-bond acceptors (Lipinski definition) is 4. The van der Waals surface area contributed by atoms with E-state index in [-0.39, 0.29) is 11.8 Å². The van der Waals surface area contributed by atoms with Crippen LogP contribution in [-0.2, 0) is 0 Å². The Kier molecular flexibility index (Phi) is 2.72. The minimum Gasteiger partial charge on any atom is -0.436 e. The SMILES string of the molecule is Nc1ncc(F)c(Oc2ccc3ccccc3c2)n1. The second kappa shape index (κ2) is 4.53. The summed E-state index contributed by atoms with van der Waals surface area (Å²) < 4.78 is 18.9. The van der Waals surface area contributed by atoms with Gasteiger partial charge in [-0.15, -0.1) is 0 Å². The number of aromatic nitrogens is 2. The van der Waals surface area contributed by atoms with Crippen molar-refractivity contribution in [1.29, 1.82) is 0 Å². The molecule has 3 aromatic rings. The first kappa shape index (κ1) is 11.4. The zero-order valence-corrected chi connectivity index (χ0v) is 9.88. The van der Waals surface area contributed by atoms with Gasteiger partial charge in [0.05, 0.1) is 6.20 Å². The van der Waals surface area contributed by atoms with Gasteiger partial charge in [-0.2, -0.15) is 9.37 Å². The summed E-state index contributed by atoms with van der Waals surface area (Å²) in [6.45, 7) is 0. The van der Waals surface area contributed by atoms with Gasteiger partial charge in [0.25, 0.3) is 5.88 Å². The van der Waals surface area contributed by atoms with Crippen LogP contribution in [0.2, 0.25) is 0 Å². The Morgan fingerprint density at radius 1 is 1.05 bits per heavy atom. The largest absolute Gasteiger partial charge is 0.436 e. The standard InChI is InChI=1S/C14H10FN3O/c15-12-8-17-14(16)18-13(12)19-11-6-5-9-3-1-2-4-10(9)7-11/h1-8H,(H2,16,17,18). The molecule has 0 aliphatic rings. The maximum atomic E-state index is 13.5. The molecule has 19 heavy (non-hydrogen) atoms. The normalized spacial score (nSPS) is 10.6. The Bertz CT molecular complexity index is 746. The number of benzene rings is 2. The third kappa shape index (κ3) is 2.30. The van der Waals surface area contributed by atoms with Crippen molar-refractivity contribution in [2.24, 2.45) is 0 Å². The van der Waals surface area contributed by atoms with Gasteiger partial charge < -0.3 is 10.5 Å². The molecule has 0 bridgehead atoms. The summed E-state index contributed by atoms with van der Waals surface area (Å²) in [6.07, 6.45) is 0.985. The molecule has 2 N–H and O–H groups in total. The van der Waals surface area contributed by atoms with Gasteiger partial charge in [0, 0.05) is 0 Å². The second-order valence-electron chi connectivity index (χ2n) is 3.99. The Morgan fingerprint density at radius 3 is 2.68 bits per heavy atom. The lowest BCUT2D eigenvalue weighted by molar-refractivity contribution is 0.421. The summed E-state index contributed by atoms with van der Waals surface area (Å²) >= 11 is 0. The van der Waals surface area contributed by atoms with Crippen LogP contribution < -0.4 is 10.5 Å². The van der Waals surface area contributed by atoms with Crippen LogP contribution in [0.1, 0.15) is 0 Å². The highest BCUT2D eigenvalue weighted by Crippen LogP contribution is 2.26. The highest BCUT2D eigenvalue weighted by atomic mass is 19.1. The van der Waals surface area contributed by atoms with Crippen LogP contribution in [-0.4, -0.2) is 9.97 Å². The molecule has 0 aliphatic carbocycles. The summed E-state index contributed by atoms with van der Waals surface area (Å²) in [4.78, 5) is 7.26. The molecule has 5 heteroatoms. The smallest absolute Gasteiger partial charge is 0.260 e. The summed E-state index contributed by atoms with van der Waals surface area (Å²) in [7, 11) is 0. The summed E-state index contributed by atoms with van der Waals surface area (Å²) in [6, 6.07) is 13.3. The van der Waals surface area contributed by atoms with Crippen molar-refractivity contribution in [3.8, 4) is 11.6 Å². The van der Waals surface area contributed by atoms with E-state index in [0.717, 1.165) is 17.0 Å². The molecular weight excluding hydrogens is 245 g/mol. The first-order valence-corrected chi connectivity index (χ1v) is 5.67. The number of nitrogens with zero attached hydrogens (tertiary/aromatic N) is 2. The molecule has 94 valence electrons. The lowest BCUT2D eigenvalue weighted by Crippen LogP contribution is -1.99. The first-order valence-electron chi connectivity index (χ1n) is 5.67.